The summed E-state index contributed by atoms with van der Waals surface area (Å²) in [7, 11) is 0. The van der Waals surface area contributed by atoms with Crippen molar-refractivity contribution in [3.05, 3.63) is 0 Å². The molecule has 4 saturated carbocycles. The highest BCUT2D eigenvalue weighted by atomic mass is 35.5. The molecular weight excluding hydrogens is 494 g/mol. The first kappa shape index (κ1) is 26.9. The lowest BCUT2D eigenvalue weighted by atomic mass is 9.56. The van der Waals surface area contributed by atoms with Crippen molar-refractivity contribution in [3.8, 4) is 0 Å². The first-order valence-corrected chi connectivity index (χ1v) is 12.9. The number of alkyl halides is 5. The highest BCUT2D eigenvalue weighted by Gasteiger charge is 2.53. The molecule has 2 bridgehead atoms. The van der Waals surface area contributed by atoms with Crippen LogP contribution in [0.2, 0.25) is 0 Å². The Balaban J connectivity index is 1.19. The summed E-state index contributed by atoms with van der Waals surface area (Å²) in [6, 6.07) is -0.242. The monoisotopic (exact) mass is 527 g/mol. The summed E-state index contributed by atoms with van der Waals surface area (Å²) in [5, 5.41) is 8.34. The van der Waals surface area contributed by atoms with Gasteiger partial charge in [-0.25, -0.2) is 4.39 Å². The van der Waals surface area contributed by atoms with Gasteiger partial charge in [0.1, 0.15) is 19.0 Å². The van der Waals surface area contributed by atoms with E-state index in [0.717, 1.165) is 0 Å². The molecule has 5 rings (SSSR count). The second-order valence-corrected chi connectivity index (χ2v) is 11.2. The van der Waals surface area contributed by atoms with Gasteiger partial charge in [0, 0.05) is 30.0 Å². The lowest BCUT2D eigenvalue weighted by molar-refractivity contribution is -0.348. The predicted octanol–water partition coefficient (Wildman–Crippen LogP) is 3.44. The molecule has 5 aliphatic rings. The second-order valence-electron chi connectivity index (χ2n) is 10.6. The van der Waals surface area contributed by atoms with E-state index in [0.29, 0.717) is 57.8 Å². The molecule has 35 heavy (non-hydrogen) atoms. The van der Waals surface area contributed by atoms with E-state index in [1.165, 1.54) is 0 Å². The van der Waals surface area contributed by atoms with Crippen molar-refractivity contribution in [2.75, 3.05) is 13.2 Å². The fraction of sp³-hybridized carbons (Fsp3) is 0.913. The number of nitrogens with one attached hydrogen (secondary N) is 3. The van der Waals surface area contributed by atoms with Crippen LogP contribution in [0.5, 0.6) is 0 Å². The van der Waals surface area contributed by atoms with Crippen LogP contribution in [0, 0.1) is 5.41 Å². The first-order chi connectivity index (χ1) is 16.5. The zero-order valence-electron chi connectivity index (χ0n) is 19.6. The third-order valence-corrected chi connectivity index (χ3v) is 8.70. The fourth-order valence-electron chi connectivity index (χ4n) is 5.99. The Hall–Kier alpha value is -1.17. The minimum absolute atomic E-state index is 0.0573. The van der Waals surface area contributed by atoms with Gasteiger partial charge in [0.05, 0.1) is 11.5 Å². The van der Waals surface area contributed by atoms with Crippen LogP contribution >= 0.6 is 11.6 Å². The minimum Gasteiger partial charge on any atom is -0.368 e. The highest BCUT2D eigenvalue weighted by molar-refractivity contribution is 6.21. The highest BCUT2D eigenvalue weighted by Crippen LogP contribution is 2.52. The largest absolute Gasteiger partial charge is 0.524 e. The molecular formula is C23H34ClF4N3O4. The minimum atomic E-state index is -4.69. The van der Waals surface area contributed by atoms with E-state index in [1.807, 2.05) is 0 Å². The average molecular weight is 528 g/mol. The molecule has 5 fully saturated rings. The molecule has 1 saturated heterocycles. The maximum Gasteiger partial charge on any atom is 0.524 e. The van der Waals surface area contributed by atoms with Gasteiger partial charge >= 0.3 is 6.36 Å². The maximum atomic E-state index is 13.8. The van der Waals surface area contributed by atoms with Crippen molar-refractivity contribution in [2.24, 2.45) is 5.41 Å². The third kappa shape index (κ3) is 6.78. The van der Waals surface area contributed by atoms with E-state index >= 15 is 0 Å². The van der Waals surface area contributed by atoms with Gasteiger partial charge in [0.2, 0.25) is 11.8 Å². The van der Waals surface area contributed by atoms with Crippen LogP contribution in [0.3, 0.4) is 0 Å². The number of carbonyl (C=O) groups excluding carboxylic acids is 2. The average Bonchev–Trinajstić information content (AvgIpc) is 2.81. The molecule has 0 aromatic rings. The van der Waals surface area contributed by atoms with Crippen LogP contribution in [0.15, 0.2) is 0 Å². The standard InChI is InChI=1S/C23H34ClF4N3O4/c24-16-3-2-15(11-17(16)25)34-13-18(32)31-22-8-5-21(6-9-22,7-10-22)20(33)30-14-1-4-19(29-12-14)35-23(26,27)28/h14-17,19,29H,1-13H2,(H,30,33)(H,31,32). The molecule has 3 N–H and O–H groups in total. The quantitative estimate of drug-likeness (QED) is 0.349. The molecule has 7 nitrogen and oxygen atoms in total. The summed E-state index contributed by atoms with van der Waals surface area (Å²) in [4.78, 5) is 25.7. The molecule has 200 valence electrons. The van der Waals surface area contributed by atoms with Crippen LogP contribution < -0.4 is 16.0 Å². The van der Waals surface area contributed by atoms with Gasteiger partial charge in [-0.05, 0) is 64.2 Å². The van der Waals surface area contributed by atoms with Crippen molar-refractivity contribution in [1.82, 2.24) is 16.0 Å². The molecule has 2 amide bonds. The summed E-state index contributed by atoms with van der Waals surface area (Å²) in [6.07, 6.45) is -1.29. The normalized spacial score (nSPS) is 39.7. The van der Waals surface area contributed by atoms with Crippen LogP contribution in [0.25, 0.3) is 0 Å². The summed E-state index contributed by atoms with van der Waals surface area (Å²) < 4.78 is 60.5. The van der Waals surface area contributed by atoms with E-state index in [2.05, 4.69) is 20.7 Å². The van der Waals surface area contributed by atoms with Gasteiger partial charge in [0.25, 0.3) is 0 Å². The van der Waals surface area contributed by atoms with E-state index in [4.69, 9.17) is 16.3 Å². The Morgan fingerprint density at radius 1 is 1.03 bits per heavy atom. The molecule has 5 unspecified atom stereocenters. The van der Waals surface area contributed by atoms with E-state index in [9.17, 15) is 27.2 Å². The molecule has 0 aromatic heterocycles. The number of amides is 2. The molecule has 0 radical (unpaired) electrons. The first-order valence-electron chi connectivity index (χ1n) is 12.5. The van der Waals surface area contributed by atoms with Crippen LogP contribution in [-0.4, -0.2) is 66.8 Å². The fourth-order valence-corrected chi connectivity index (χ4v) is 6.22. The van der Waals surface area contributed by atoms with Crippen LogP contribution in [0.4, 0.5) is 17.6 Å². The predicted molar refractivity (Wildman–Crippen MR) is 119 cm³/mol. The van der Waals surface area contributed by atoms with Gasteiger partial charge in [-0.15, -0.1) is 24.8 Å². The SMILES string of the molecule is O=C(COC1CCC(Cl)C(F)C1)NC12CCC(C(=O)NC3CCC(OC(F)(F)F)NC3)(CC1)CC2. The smallest absolute Gasteiger partial charge is 0.368 e. The van der Waals surface area contributed by atoms with E-state index in [-0.39, 0.29) is 55.5 Å². The zero-order valence-corrected chi connectivity index (χ0v) is 20.4. The summed E-state index contributed by atoms with van der Waals surface area (Å²) in [5.74, 6) is -0.283. The molecule has 1 heterocycles. The lowest BCUT2D eigenvalue weighted by Crippen LogP contribution is -2.61. The van der Waals surface area contributed by atoms with Gasteiger partial charge < -0.3 is 15.4 Å². The van der Waals surface area contributed by atoms with Gasteiger partial charge in [-0.1, -0.05) is 0 Å². The van der Waals surface area contributed by atoms with E-state index in [1.54, 1.807) is 0 Å². The number of halogens is 5. The van der Waals surface area contributed by atoms with Crippen LogP contribution in [0.1, 0.15) is 70.6 Å². The number of rotatable bonds is 7. The Kier molecular flexibility index (Phi) is 8.20. The Bertz CT molecular complexity index is 754. The van der Waals surface area contributed by atoms with Gasteiger partial charge in [-0.3, -0.25) is 19.6 Å². The number of hydrogen-bond donors (Lipinski definition) is 3. The summed E-state index contributed by atoms with van der Waals surface area (Å²) in [6.45, 7) is 0.101. The van der Waals surface area contributed by atoms with Gasteiger partial charge in [0.15, 0.2) is 0 Å². The molecule has 4 aliphatic carbocycles. The molecule has 5 atom stereocenters. The van der Waals surface area contributed by atoms with Gasteiger partial charge in [-0.2, -0.15) is 0 Å². The zero-order chi connectivity index (χ0) is 25.3. The van der Waals surface area contributed by atoms with Crippen molar-refractivity contribution >= 4 is 23.4 Å². The van der Waals surface area contributed by atoms with Crippen molar-refractivity contribution in [2.45, 2.75) is 112 Å². The topological polar surface area (TPSA) is 88.7 Å². The Labute approximate surface area is 207 Å². The van der Waals surface area contributed by atoms with Crippen molar-refractivity contribution < 1.29 is 36.6 Å². The number of piperidine rings is 1. The Morgan fingerprint density at radius 3 is 2.29 bits per heavy atom. The molecule has 12 heteroatoms. The number of carbonyl (C=O) groups is 2. The number of hydrogen-bond acceptors (Lipinski definition) is 5. The van der Waals surface area contributed by atoms with Crippen molar-refractivity contribution in [1.29, 1.82) is 0 Å². The molecule has 0 spiro atoms. The molecule has 1 aliphatic heterocycles. The maximum absolute atomic E-state index is 13.8. The number of ether oxygens (including phenoxy) is 2. The third-order valence-electron chi connectivity index (χ3n) is 8.21. The second kappa shape index (κ2) is 10.7. The summed E-state index contributed by atoms with van der Waals surface area (Å²) >= 11 is 5.90. The molecule has 0 aromatic carbocycles. The lowest BCUT2D eigenvalue weighted by Gasteiger charge is -2.53. The van der Waals surface area contributed by atoms with Crippen molar-refractivity contribution in [3.63, 3.8) is 0 Å². The van der Waals surface area contributed by atoms with Crippen LogP contribution in [-0.2, 0) is 19.1 Å². The summed E-state index contributed by atoms with van der Waals surface area (Å²) in [5.41, 5.74) is -0.855. The Morgan fingerprint density at radius 2 is 1.71 bits per heavy atom. The van der Waals surface area contributed by atoms with E-state index < -0.39 is 29.6 Å². The number of fused-ring (bicyclic) bond motifs is 3.